The van der Waals surface area contributed by atoms with Crippen LogP contribution in [0.25, 0.3) is 16.5 Å². The first kappa shape index (κ1) is 23.4. The Morgan fingerprint density at radius 1 is 1.00 bits per heavy atom. The highest BCUT2D eigenvalue weighted by atomic mass is 32.1. The molecular weight excluding hydrogens is 470 g/mol. The van der Waals surface area contributed by atoms with Gasteiger partial charge in [-0.15, -0.1) is 11.3 Å². The van der Waals surface area contributed by atoms with E-state index in [-0.39, 0.29) is 17.4 Å². The van der Waals surface area contributed by atoms with Crippen molar-refractivity contribution in [3.05, 3.63) is 116 Å². The van der Waals surface area contributed by atoms with Crippen molar-refractivity contribution in [2.24, 2.45) is 0 Å². The molecule has 0 atom stereocenters. The summed E-state index contributed by atoms with van der Waals surface area (Å²) < 4.78 is 1.48. The van der Waals surface area contributed by atoms with E-state index in [1.54, 1.807) is 17.4 Å². The predicted molar refractivity (Wildman–Crippen MR) is 143 cm³/mol. The minimum Gasteiger partial charge on any atom is -0.306 e. The number of carbonyl (C=O) groups is 1. The topological polar surface area (TPSA) is 92.7 Å². The van der Waals surface area contributed by atoms with Crippen molar-refractivity contribution in [2.45, 2.75) is 27.2 Å². The minimum atomic E-state index is -0.263. The number of aryl methyl sites for hydroxylation is 3. The third-order valence-electron chi connectivity index (χ3n) is 5.84. The highest BCUT2D eigenvalue weighted by Crippen LogP contribution is 2.28. The van der Waals surface area contributed by atoms with Gasteiger partial charge in [0.05, 0.1) is 10.6 Å². The molecule has 5 aromatic rings. The Kier molecular flexibility index (Phi) is 6.35. The maximum absolute atomic E-state index is 13.1. The summed E-state index contributed by atoms with van der Waals surface area (Å²) in [6, 6.07) is 21.2. The Bertz CT molecular complexity index is 1580. The molecule has 0 fully saturated rings. The van der Waals surface area contributed by atoms with Crippen LogP contribution < -0.4 is 10.9 Å². The predicted octanol–water partition coefficient (Wildman–Crippen LogP) is 5.45. The van der Waals surface area contributed by atoms with Gasteiger partial charge in [0.1, 0.15) is 11.5 Å². The van der Waals surface area contributed by atoms with Crippen LogP contribution in [0.15, 0.2) is 76.9 Å². The average molecular weight is 496 g/mol. The molecule has 0 aliphatic heterocycles. The number of aromatic nitrogens is 4. The number of aromatic amines is 1. The van der Waals surface area contributed by atoms with Crippen LogP contribution in [0, 0.1) is 20.8 Å². The highest BCUT2D eigenvalue weighted by molar-refractivity contribution is 7.13. The lowest BCUT2D eigenvalue weighted by Gasteiger charge is -2.11. The molecule has 3 aromatic heterocycles. The van der Waals surface area contributed by atoms with Crippen LogP contribution in [0.4, 0.5) is 5.82 Å². The number of carbonyl (C=O) groups excluding carboxylic acids is 1. The van der Waals surface area contributed by atoms with Gasteiger partial charge in [-0.3, -0.25) is 14.6 Å². The van der Waals surface area contributed by atoms with Crippen molar-refractivity contribution in [3.8, 4) is 16.5 Å². The fraction of sp³-hybridized carbons (Fsp3) is 0.143. The van der Waals surface area contributed by atoms with E-state index in [0.717, 1.165) is 21.6 Å². The number of hydrogen-bond acceptors (Lipinski definition) is 5. The van der Waals surface area contributed by atoms with Crippen molar-refractivity contribution in [3.63, 3.8) is 0 Å². The summed E-state index contributed by atoms with van der Waals surface area (Å²) in [7, 11) is 0. The lowest BCUT2D eigenvalue weighted by atomic mass is 10.1. The van der Waals surface area contributed by atoms with Gasteiger partial charge in [0.15, 0.2) is 0 Å². The fourth-order valence-corrected chi connectivity index (χ4v) is 4.86. The van der Waals surface area contributed by atoms with Crippen molar-refractivity contribution < 1.29 is 4.79 Å². The van der Waals surface area contributed by atoms with Gasteiger partial charge in [-0.1, -0.05) is 53.6 Å². The number of rotatable bonds is 6. The number of nitrogens with zero attached hydrogens (tertiary/aromatic N) is 3. The summed E-state index contributed by atoms with van der Waals surface area (Å²) in [5.74, 6) is 0.397. The quantitative estimate of drug-likeness (QED) is 0.328. The maximum Gasteiger partial charge on any atom is 0.256 e. The number of hydrogen-bond donors (Lipinski definition) is 2. The van der Waals surface area contributed by atoms with E-state index < -0.39 is 0 Å². The maximum atomic E-state index is 13.1. The second-order valence-electron chi connectivity index (χ2n) is 8.75. The van der Waals surface area contributed by atoms with Crippen LogP contribution in [0.3, 0.4) is 0 Å². The Balaban J connectivity index is 1.54. The molecule has 2 aromatic carbocycles. The molecule has 0 aliphatic rings. The molecule has 3 heterocycles. The summed E-state index contributed by atoms with van der Waals surface area (Å²) in [6.07, 6.45) is 0.477. The molecule has 0 saturated carbocycles. The molecule has 0 saturated heterocycles. The zero-order valence-electron chi connectivity index (χ0n) is 20.2. The largest absolute Gasteiger partial charge is 0.306 e. The standard InChI is InChI=1S/C28H25N5O2S/c1-17-12-18(2)14-21(13-17)26(34)30-25-16-23(24-10-7-11-36-24)32-33(25)28-29-19(3)22(27(35)31-28)15-20-8-5-4-6-9-20/h4-14,16H,15H2,1-3H3,(H,30,34)(H,29,31,35). The van der Waals surface area contributed by atoms with Crippen LogP contribution in [0.1, 0.15) is 38.3 Å². The number of amides is 1. The van der Waals surface area contributed by atoms with Crippen LogP contribution in [-0.2, 0) is 6.42 Å². The van der Waals surface area contributed by atoms with Gasteiger partial charge >= 0.3 is 0 Å². The summed E-state index contributed by atoms with van der Waals surface area (Å²) in [6.45, 7) is 5.73. The normalized spacial score (nSPS) is 11.0. The number of H-pyrrole nitrogens is 1. The van der Waals surface area contributed by atoms with Crippen molar-refractivity contribution >= 4 is 23.1 Å². The lowest BCUT2D eigenvalue weighted by Crippen LogP contribution is -2.22. The summed E-state index contributed by atoms with van der Waals surface area (Å²) in [4.78, 5) is 34.7. The molecule has 0 radical (unpaired) electrons. The second kappa shape index (κ2) is 9.75. The van der Waals surface area contributed by atoms with Gasteiger partial charge < -0.3 is 5.32 Å². The average Bonchev–Trinajstić information content (AvgIpc) is 3.52. The Morgan fingerprint density at radius 3 is 2.42 bits per heavy atom. The summed E-state index contributed by atoms with van der Waals surface area (Å²) >= 11 is 1.54. The SMILES string of the molecule is Cc1cc(C)cc(C(=O)Nc2cc(-c3cccs3)nn2-c2nc(C)c(Cc3ccccc3)c(=O)[nH]2)c1. The number of thiophene rings is 1. The van der Waals surface area contributed by atoms with Gasteiger partial charge in [0, 0.05) is 23.6 Å². The van der Waals surface area contributed by atoms with E-state index in [1.165, 1.54) is 4.68 Å². The highest BCUT2D eigenvalue weighted by Gasteiger charge is 2.19. The molecular formula is C28H25N5O2S. The van der Waals surface area contributed by atoms with E-state index >= 15 is 0 Å². The Labute approximate surface area is 212 Å². The third-order valence-corrected chi connectivity index (χ3v) is 6.73. The van der Waals surface area contributed by atoms with Crippen LogP contribution in [-0.4, -0.2) is 25.7 Å². The van der Waals surface area contributed by atoms with Gasteiger partial charge in [-0.2, -0.15) is 9.78 Å². The molecule has 0 aliphatic carbocycles. The van der Waals surface area contributed by atoms with E-state index in [4.69, 9.17) is 0 Å². The molecule has 180 valence electrons. The van der Waals surface area contributed by atoms with Crippen LogP contribution >= 0.6 is 11.3 Å². The van der Waals surface area contributed by atoms with Crippen molar-refractivity contribution in [2.75, 3.05) is 5.32 Å². The van der Waals surface area contributed by atoms with E-state index in [9.17, 15) is 9.59 Å². The molecule has 0 bridgehead atoms. The number of benzene rings is 2. The van der Waals surface area contributed by atoms with Crippen LogP contribution in [0.2, 0.25) is 0 Å². The third kappa shape index (κ3) is 4.89. The van der Waals surface area contributed by atoms with Crippen LogP contribution in [0.5, 0.6) is 0 Å². The smallest absolute Gasteiger partial charge is 0.256 e. The first-order valence-corrected chi connectivity index (χ1v) is 12.4. The van der Waals surface area contributed by atoms with Gasteiger partial charge in [-0.05, 0) is 49.9 Å². The van der Waals surface area contributed by atoms with E-state index in [2.05, 4.69) is 20.4 Å². The lowest BCUT2D eigenvalue weighted by molar-refractivity contribution is 0.102. The van der Waals surface area contributed by atoms with E-state index in [1.807, 2.05) is 86.8 Å². The molecule has 5 rings (SSSR count). The number of anilines is 1. The van der Waals surface area contributed by atoms with Crippen molar-refractivity contribution in [1.82, 2.24) is 19.7 Å². The monoisotopic (exact) mass is 495 g/mol. The Hall–Kier alpha value is -4.30. The Morgan fingerprint density at radius 2 is 1.75 bits per heavy atom. The second-order valence-corrected chi connectivity index (χ2v) is 9.70. The molecule has 8 heteroatoms. The summed E-state index contributed by atoms with van der Waals surface area (Å²) in [5, 5.41) is 9.60. The van der Waals surface area contributed by atoms with Gasteiger partial charge in [-0.25, -0.2) is 4.98 Å². The molecule has 36 heavy (non-hydrogen) atoms. The zero-order chi connectivity index (χ0) is 25.2. The fourth-order valence-electron chi connectivity index (χ4n) is 4.17. The van der Waals surface area contributed by atoms with Gasteiger partial charge in [0.2, 0.25) is 5.95 Å². The van der Waals surface area contributed by atoms with Gasteiger partial charge in [0.25, 0.3) is 11.5 Å². The first-order valence-electron chi connectivity index (χ1n) is 11.5. The zero-order valence-corrected chi connectivity index (χ0v) is 21.0. The number of nitrogens with one attached hydrogen (secondary N) is 2. The van der Waals surface area contributed by atoms with E-state index in [0.29, 0.717) is 34.8 Å². The summed E-state index contributed by atoms with van der Waals surface area (Å²) in [5.41, 5.74) is 5.23. The molecule has 0 spiro atoms. The molecule has 0 unspecified atom stereocenters. The molecule has 7 nitrogen and oxygen atoms in total. The molecule has 1 amide bonds. The first-order chi connectivity index (χ1) is 17.4. The van der Waals surface area contributed by atoms with Crippen molar-refractivity contribution in [1.29, 1.82) is 0 Å². The molecule has 2 N–H and O–H groups in total. The minimum absolute atomic E-state index is 0.235.